The minimum absolute atomic E-state index is 0.128. The summed E-state index contributed by atoms with van der Waals surface area (Å²) in [5, 5.41) is 56.1. The summed E-state index contributed by atoms with van der Waals surface area (Å²) in [6.07, 6.45) is -6.64. The van der Waals surface area contributed by atoms with E-state index in [1.165, 1.54) is 14.0 Å². The molecule has 0 amide bonds. The maximum Gasteiger partial charge on any atom is 0.637 e. The molecule has 0 aromatic heterocycles. The Kier molecular flexibility index (Phi) is 17.2. The van der Waals surface area contributed by atoms with Crippen LogP contribution in [0.2, 0.25) is 0 Å². The van der Waals surface area contributed by atoms with Crippen molar-refractivity contribution in [2.45, 2.75) is 192 Å². The molecule has 3 heterocycles. The second kappa shape index (κ2) is 19.5. The SMILES string of the molecule is CC[C@H](O)[C@@]1(C)OB(O)O[C@@H]1[C@@H](C)N(C)C[C@H](C)C[C@@](C)(O)[C@H](OC1O[C@H](C)C[C@H](N(C)C)[C@H]1O)[C@@H](C)[C@H](OC1C[C@@](C)(OC)[C@@H](O)[C@H](C)O1)[C@@H](C)C(C)=O. The first-order valence-electron chi connectivity index (χ1n) is 20.1. The Morgan fingerprint density at radius 1 is 1.07 bits per heavy atom. The van der Waals surface area contributed by atoms with E-state index in [-0.39, 0.29) is 42.7 Å². The van der Waals surface area contributed by atoms with Gasteiger partial charge >= 0.3 is 7.32 Å². The van der Waals surface area contributed by atoms with E-state index in [0.29, 0.717) is 19.4 Å². The molecule has 16 heteroatoms. The highest BCUT2D eigenvalue weighted by molar-refractivity contribution is 6.35. The van der Waals surface area contributed by atoms with Crippen molar-refractivity contribution >= 4 is 13.1 Å². The highest BCUT2D eigenvalue weighted by Crippen LogP contribution is 2.40. The van der Waals surface area contributed by atoms with E-state index in [2.05, 4.69) is 4.90 Å². The van der Waals surface area contributed by atoms with Gasteiger partial charge < -0.3 is 68.2 Å². The van der Waals surface area contributed by atoms with Crippen LogP contribution < -0.4 is 0 Å². The zero-order valence-electron chi connectivity index (χ0n) is 36.2. The Balaban J connectivity index is 1.96. The number of Topliss-reactive ketones (excluding diaryl/α,β-unsaturated/α-hetero) is 1. The fourth-order valence-corrected chi connectivity index (χ4v) is 9.12. The molecular weight excluding hydrogens is 715 g/mol. The van der Waals surface area contributed by atoms with E-state index in [0.717, 1.165) is 0 Å². The third-order valence-corrected chi connectivity index (χ3v) is 12.8. The molecule has 55 heavy (non-hydrogen) atoms. The van der Waals surface area contributed by atoms with Crippen LogP contribution in [0.4, 0.5) is 0 Å². The van der Waals surface area contributed by atoms with E-state index >= 15 is 0 Å². The number of carbonyl (C=O) groups is 1. The molecule has 0 aromatic carbocycles. The molecule has 3 fully saturated rings. The van der Waals surface area contributed by atoms with E-state index < -0.39 is 91.3 Å². The van der Waals surface area contributed by atoms with Crippen LogP contribution in [-0.2, 0) is 37.8 Å². The molecule has 3 aliphatic rings. The van der Waals surface area contributed by atoms with Gasteiger partial charge in [0, 0.05) is 44.0 Å². The smallest absolute Gasteiger partial charge is 0.402 e. The Morgan fingerprint density at radius 3 is 2.24 bits per heavy atom. The fourth-order valence-electron chi connectivity index (χ4n) is 9.12. The van der Waals surface area contributed by atoms with E-state index in [1.807, 2.05) is 60.7 Å². The highest BCUT2D eigenvalue weighted by atomic mass is 16.7. The number of aliphatic hydroxyl groups is 4. The first-order chi connectivity index (χ1) is 25.3. The first kappa shape index (κ1) is 48.5. The number of hydrogen-bond acceptors (Lipinski definition) is 15. The summed E-state index contributed by atoms with van der Waals surface area (Å²) >= 11 is 0. The number of rotatable bonds is 19. The van der Waals surface area contributed by atoms with Crippen molar-refractivity contribution in [1.29, 1.82) is 0 Å². The molecule has 0 saturated carbocycles. The van der Waals surface area contributed by atoms with Gasteiger partial charge in [0.2, 0.25) is 0 Å². The van der Waals surface area contributed by atoms with Crippen LogP contribution in [0.1, 0.15) is 102 Å². The molecule has 0 spiro atoms. The molecule has 3 aliphatic heterocycles. The van der Waals surface area contributed by atoms with Gasteiger partial charge in [0.15, 0.2) is 12.6 Å². The van der Waals surface area contributed by atoms with Crippen molar-refractivity contribution in [2.75, 3.05) is 34.8 Å². The van der Waals surface area contributed by atoms with Gasteiger partial charge in [-0.25, -0.2) is 0 Å². The number of hydrogen-bond donors (Lipinski definition) is 5. The number of likely N-dealkylation sites (N-methyl/N-ethyl adjacent to an activating group) is 2. The molecule has 0 radical (unpaired) electrons. The van der Waals surface area contributed by atoms with Gasteiger partial charge in [-0.3, -0.25) is 4.79 Å². The third kappa shape index (κ3) is 11.3. The molecule has 5 N–H and O–H groups in total. The molecule has 15 nitrogen and oxygen atoms in total. The van der Waals surface area contributed by atoms with Gasteiger partial charge in [0.1, 0.15) is 23.6 Å². The maximum atomic E-state index is 13.1. The Bertz CT molecular complexity index is 1220. The number of aliphatic hydroxyl groups excluding tert-OH is 3. The van der Waals surface area contributed by atoms with Crippen LogP contribution in [-0.4, -0.2) is 173 Å². The van der Waals surface area contributed by atoms with Crippen molar-refractivity contribution in [3.63, 3.8) is 0 Å². The highest BCUT2D eigenvalue weighted by Gasteiger charge is 2.56. The number of nitrogens with zero attached hydrogens (tertiary/aromatic N) is 2. The van der Waals surface area contributed by atoms with Gasteiger partial charge in [0.25, 0.3) is 0 Å². The molecule has 2 unspecified atom stereocenters. The third-order valence-electron chi connectivity index (χ3n) is 12.8. The van der Waals surface area contributed by atoms with E-state index in [4.69, 9.17) is 33.0 Å². The minimum Gasteiger partial charge on any atom is -0.402 e. The number of carbonyl (C=O) groups excluding carboxylic acids is 1. The van der Waals surface area contributed by atoms with Crippen LogP contribution >= 0.6 is 0 Å². The number of ketones is 1. The lowest BCUT2D eigenvalue weighted by molar-refractivity contribution is -0.317. The summed E-state index contributed by atoms with van der Waals surface area (Å²) in [5.74, 6) is -1.57. The average molecular weight is 791 g/mol. The summed E-state index contributed by atoms with van der Waals surface area (Å²) in [6.45, 7) is 20.3. The molecule has 3 saturated heterocycles. The fraction of sp³-hybridized carbons (Fsp3) is 0.974. The summed E-state index contributed by atoms with van der Waals surface area (Å²) < 4.78 is 42.9. The standard InChI is InChI=1S/C39H75BN2O13/c1-16-29(44)39(11)35(54-40(48)55-39)25(6)42(14)20-21(2)18-37(9,47)34(53-36-31(45)28(41(12)13)17-22(3)50-36)24(5)32(23(4)26(7)43)52-30-19-38(10,49-15)33(46)27(8)51-30/h21-25,27-36,44-48H,16-20H2,1-15H3/t21-,22-,23+,24+,25-,27+,28+,29+,30?,31-,32-,33+,34-,35-,36?,37-,38-,39-/m1/s1. The molecule has 0 aromatic rings. The summed E-state index contributed by atoms with van der Waals surface area (Å²) in [7, 11) is 5.77. The Labute approximate surface area is 330 Å². The predicted molar refractivity (Wildman–Crippen MR) is 207 cm³/mol. The van der Waals surface area contributed by atoms with Gasteiger partial charge in [-0.1, -0.05) is 27.7 Å². The van der Waals surface area contributed by atoms with Crippen LogP contribution in [0, 0.1) is 17.8 Å². The van der Waals surface area contributed by atoms with Crippen molar-refractivity contribution in [2.24, 2.45) is 17.8 Å². The maximum absolute atomic E-state index is 13.1. The van der Waals surface area contributed by atoms with E-state index in [9.17, 15) is 30.2 Å². The van der Waals surface area contributed by atoms with Gasteiger partial charge in [-0.15, -0.1) is 0 Å². The largest absolute Gasteiger partial charge is 0.637 e. The molecule has 322 valence electrons. The predicted octanol–water partition coefficient (Wildman–Crippen LogP) is 1.96. The van der Waals surface area contributed by atoms with Gasteiger partial charge in [-0.2, -0.15) is 0 Å². The van der Waals surface area contributed by atoms with Crippen molar-refractivity contribution in [1.82, 2.24) is 9.80 Å². The molecule has 0 aliphatic carbocycles. The lowest BCUT2D eigenvalue weighted by Crippen LogP contribution is -2.60. The Hall–Kier alpha value is -0.825. The second-order valence-electron chi connectivity index (χ2n) is 17.9. The summed E-state index contributed by atoms with van der Waals surface area (Å²) in [4.78, 5) is 17.1. The summed E-state index contributed by atoms with van der Waals surface area (Å²) in [5.41, 5.74) is -3.65. The zero-order chi connectivity index (χ0) is 42.0. The molecule has 18 atom stereocenters. The zero-order valence-corrected chi connectivity index (χ0v) is 36.2. The lowest BCUT2D eigenvalue weighted by Gasteiger charge is -2.49. The van der Waals surface area contributed by atoms with Crippen LogP contribution in [0.15, 0.2) is 0 Å². The molecule has 0 bridgehead atoms. The minimum atomic E-state index is -1.55. The quantitative estimate of drug-likeness (QED) is 0.119. The van der Waals surface area contributed by atoms with E-state index in [1.54, 1.807) is 34.6 Å². The Morgan fingerprint density at radius 2 is 1.69 bits per heavy atom. The van der Waals surface area contributed by atoms with Crippen LogP contribution in [0.3, 0.4) is 0 Å². The van der Waals surface area contributed by atoms with Crippen LogP contribution in [0.25, 0.3) is 0 Å². The van der Waals surface area contributed by atoms with Gasteiger partial charge in [-0.05, 0) is 94.8 Å². The lowest BCUT2D eigenvalue weighted by atomic mass is 9.77. The number of methoxy groups -OCH3 is 1. The number of ether oxygens (including phenoxy) is 5. The van der Waals surface area contributed by atoms with Crippen molar-refractivity contribution in [3.05, 3.63) is 0 Å². The van der Waals surface area contributed by atoms with Crippen molar-refractivity contribution in [3.8, 4) is 0 Å². The normalized spacial score (nSPS) is 38.3. The first-order valence-corrected chi connectivity index (χ1v) is 20.1. The molecule has 3 rings (SSSR count). The molecular formula is C39H75BN2O13. The van der Waals surface area contributed by atoms with Crippen molar-refractivity contribution < 1.29 is 63.2 Å². The van der Waals surface area contributed by atoms with Gasteiger partial charge in [0.05, 0.1) is 47.8 Å². The summed E-state index contributed by atoms with van der Waals surface area (Å²) in [6, 6.07) is -0.556. The monoisotopic (exact) mass is 791 g/mol. The average Bonchev–Trinajstić information content (AvgIpc) is 3.41. The van der Waals surface area contributed by atoms with Crippen LogP contribution in [0.5, 0.6) is 0 Å². The topological polar surface area (TPSA) is 189 Å². The second-order valence-corrected chi connectivity index (χ2v) is 17.9.